The van der Waals surface area contributed by atoms with Crippen LogP contribution < -0.4 is 14.5 Å². The lowest BCUT2D eigenvalue weighted by atomic mass is 9.88. The Labute approximate surface area is 314 Å². The smallest absolute Gasteiger partial charge is 0.221 e. The number of aromatic nitrogens is 4. The van der Waals surface area contributed by atoms with E-state index in [9.17, 15) is 0 Å². The molecule has 0 unspecified atom stereocenters. The third kappa shape index (κ3) is 5.03. The highest BCUT2D eigenvalue weighted by Gasteiger charge is 2.25. The molecule has 7 nitrogen and oxygen atoms in total. The number of fused-ring (bicyclic) bond motifs is 7. The van der Waals surface area contributed by atoms with Crippen LogP contribution in [0.4, 0.5) is 17.1 Å². The van der Waals surface area contributed by atoms with Crippen molar-refractivity contribution in [1.82, 2.24) is 19.1 Å². The summed E-state index contributed by atoms with van der Waals surface area (Å²) in [7, 11) is 4.28. The van der Waals surface area contributed by atoms with Gasteiger partial charge in [0.05, 0.1) is 34.6 Å². The van der Waals surface area contributed by atoms with Gasteiger partial charge in [-0.05, 0) is 77.2 Å². The maximum atomic E-state index is 6.56. The van der Waals surface area contributed by atoms with Gasteiger partial charge in [-0.1, -0.05) is 75.4 Å². The topological polar surface area (TPSA) is 51.4 Å². The Morgan fingerprint density at radius 3 is 2.26 bits per heavy atom. The van der Waals surface area contributed by atoms with E-state index in [0.29, 0.717) is 11.6 Å². The summed E-state index contributed by atoms with van der Waals surface area (Å²) in [5, 5.41) is 4.82. The SMILES string of the molecule is CN1CN(c2ccnc(Oc3ccc4c5cc(-c6cccc7c8ccccc8n(C)c67)ccc5n(-c5cc(C(C)(C)C)ccn5)c4c3)c2)c2ccccc21. The van der Waals surface area contributed by atoms with Gasteiger partial charge in [0.1, 0.15) is 11.6 Å². The first kappa shape index (κ1) is 32.1. The van der Waals surface area contributed by atoms with Crippen molar-refractivity contribution >= 4 is 60.7 Å². The van der Waals surface area contributed by atoms with E-state index >= 15 is 0 Å². The molecule has 5 aromatic carbocycles. The van der Waals surface area contributed by atoms with E-state index < -0.39 is 0 Å². The number of anilines is 3. The van der Waals surface area contributed by atoms with Gasteiger partial charge in [-0.3, -0.25) is 4.57 Å². The van der Waals surface area contributed by atoms with Crippen LogP contribution in [0, 0.1) is 0 Å². The molecule has 0 amide bonds. The molecule has 10 rings (SSSR count). The Morgan fingerprint density at radius 2 is 1.39 bits per heavy atom. The average molecular weight is 705 g/mol. The first-order valence-electron chi connectivity index (χ1n) is 18.5. The van der Waals surface area contributed by atoms with E-state index in [1.807, 2.05) is 24.5 Å². The fourth-order valence-corrected chi connectivity index (χ4v) is 8.30. The van der Waals surface area contributed by atoms with Gasteiger partial charge in [-0.25, -0.2) is 9.97 Å². The molecule has 0 fully saturated rings. The molecule has 1 aliphatic heterocycles. The highest BCUT2D eigenvalue weighted by atomic mass is 16.5. The molecule has 0 aliphatic carbocycles. The number of nitrogens with zero attached hydrogens (tertiary/aromatic N) is 6. The number of pyridine rings is 2. The Hall–Kier alpha value is -6.60. The lowest BCUT2D eigenvalue weighted by Gasteiger charge is -2.20. The number of para-hydroxylation sites is 4. The minimum atomic E-state index is -0.0312. The van der Waals surface area contributed by atoms with Crippen LogP contribution in [0.3, 0.4) is 0 Å². The van der Waals surface area contributed by atoms with Gasteiger partial charge >= 0.3 is 0 Å². The quantitative estimate of drug-likeness (QED) is 0.178. The van der Waals surface area contributed by atoms with E-state index in [-0.39, 0.29) is 5.41 Å². The van der Waals surface area contributed by atoms with Crippen LogP contribution in [-0.2, 0) is 12.5 Å². The zero-order valence-corrected chi connectivity index (χ0v) is 31.1. The molecule has 0 N–H and O–H groups in total. The first-order chi connectivity index (χ1) is 26.2. The van der Waals surface area contributed by atoms with Gasteiger partial charge in [0.15, 0.2) is 0 Å². The Kier molecular flexibility index (Phi) is 7.11. The summed E-state index contributed by atoms with van der Waals surface area (Å²) in [6, 6.07) is 45.3. The second kappa shape index (κ2) is 12.0. The molecule has 54 heavy (non-hydrogen) atoms. The molecule has 5 heterocycles. The standard InChI is InChI=1S/C47H40N6O/c1-47(2,3)31-21-23-48-44(26-31)53-40-20-17-30(34-12-10-13-37-35-11-6-7-14-39(35)51(5)46(34)37)25-38(40)36-19-18-33(28-43(36)53)54-45-27-32(22-24-49-45)52-29-50(4)41-15-8-9-16-42(41)52/h6-28H,29H2,1-5H3. The molecule has 9 aromatic rings. The summed E-state index contributed by atoms with van der Waals surface area (Å²) in [6.07, 6.45) is 3.74. The predicted octanol–water partition coefficient (Wildman–Crippen LogP) is 11.5. The van der Waals surface area contributed by atoms with Gasteiger partial charge in [-0.2, -0.15) is 0 Å². The number of rotatable bonds is 5. The average Bonchev–Trinajstić information content (AvgIpc) is 3.81. The van der Waals surface area contributed by atoms with Gasteiger partial charge in [0.25, 0.3) is 0 Å². The zero-order chi connectivity index (χ0) is 36.7. The Balaban J connectivity index is 1.12. The van der Waals surface area contributed by atoms with E-state index in [0.717, 1.165) is 40.0 Å². The van der Waals surface area contributed by atoms with Crippen LogP contribution in [0.2, 0.25) is 0 Å². The van der Waals surface area contributed by atoms with Crippen LogP contribution in [-0.4, -0.2) is 32.8 Å². The van der Waals surface area contributed by atoms with Gasteiger partial charge in [0.2, 0.25) is 5.88 Å². The van der Waals surface area contributed by atoms with Gasteiger partial charge in [0, 0.05) is 76.9 Å². The van der Waals surface area contributed by atoms with Crippen molar-refractivity contribution in [2.24, 2.45) is 7.05 Å². The van der Waals surface area contributed by atoms with Crippen molar-refractivity contribution in [1.29, 1.82) is 0 Å². The van der Waals surface area contributed by atoms with E-state index in [2.05, 4.69) is 174 Å². The molecule has 264 valence electrons. The van der Waals surface area contributed by atoms with Crippen LogP contribution in [0.25, 0.3) is 60.6 Å². The summed E-state index contributed by atoms with van der Waals surface area (Å²) < 4.78 is 11.2. The molecular weight excluding hydrogens is 665 g/mol. The summed E-state index contributed by atoms with van der Waals surface area (Å²) in [6.45, 7) is 7.48. The lowest BCUT2D eigenvalue weighted by molar-refractivity contribution is 0.463. The maximum Gasteiger partial charge on any atom is 0.221 e. The third-order valence-corrected chi connectivity index (χ3v) is 11.0. The molecular formula is C47H40N6O. The normalized spacial score (nSPS) is 13.1. The molecule has 7 heteroatoms. The Morgan fingerprint density at radius 1 is 0.611 bits per heavy atom. The monoisotopic (exact) mass is 704 g/mol. The fourth-order valence-electron chi connectivity index (χ4n) is 8.30. The van der Waals surface area contributed by atoms with E-state index in [4.69, 9.17) is 9.72 Å². The molecule has 0 saturated carbocycles. The van der Waals surface area contributed by atoms with Crippen molar-refractivity contribution in [2.45, 2.75) is 26.2 Å². The summed E-state index contributed by atoms with van der Waals surface area (Å²) in [4.78, 5) is 14.1. The van der Waals surface area contributed by atoms with Crippen LogP contribution in [0.5, 0.6) is 11.6 Å². The minimum absolute atomic E-state index is 0.0312. The molecule has 0 atom stereocenters. The van der Waals surface area contributed by atoms with E-state index in [1.54, 1.807) is 0 Å². The fraction of sp³-hybridized carbons (Fsp3) is 0.149. The number of aryl methyl sites for hydroxylation is 1. The highest BCUT2D eigenvalue weighted by molar-refractivity contribution is 6.15. The van der Waals surface area contributed by atoms with Crippen molar-refractivity contribution in [3.63, 3.8) is 0 Å². The lowest BCUT2D eigenvalue weighted by Crippen LogP contribution is -2.23. The first-order valence-corrected chi connectivity index (χ1v) is 18.5. The molecule has 4 aromatic heterocycles. The third-order valence-electron chi connectivity index (χ3n) is 11.0. The van der Waals surface area contributed by atoms with Crippen molar-refractivity contribution in [3.8, 4) is 28.6 Å². The van der Waals surface area contributed by atoms with Crippen LogP contribution in [0.15, 0.2) is 140 Å². The van der Waals surface area contributed by atoms with Crippen LogP contribution in [0.1, 0.15) is 26.3 Å². The van der Waals surface area contributed by atoms with Crippen LogP contribution >= 0.6 is 0 Å². The second-order valence-corrected chi connectivity index (χ2v) is 15.4. The Bertz CT molecular complexity index is 2930. The molecule has 0 saturated heterocycles. The molecule has 1 aliphatic rings. The maximum absolute atomic E-state index is 6.56. The summed E-state index contributed by atoms with van der Waals surface area (Å²) >= 11 is 0. The number of ether oxygens (including phenoxy) is 1. The predicted molar refractivity (Wildman–Crippen MR) is 223 cm³/mol. The number of hydrogen-bond donors (Lipinski definition) is 0. The number of hydrogen-bond acceptors (Lipinski definition) is 5. The number of benzene rings is 5. The van der Waals surface area contributed by atoms with Crippen molar-refractivity contribution in [3.05, 3.63) is 145 Å². The van der Waals surface area contributed by atoms with Crippen molar-refractivity contribution < 1.29 is 4.74 Å². The van der Waals surface area contributed by atoms with Gasteiger partial charge < -0.3 is 19.1 Å². The summed E-state index contributed by atoms with van der Waals surface area (Å²) in [5.41, 5.74) is 11.6. The van der Waals surface area contributed by atoms with Gasteiger partial charge in [-0.15, -0.1) is 0 Å². The second-order valence-electron chi connectivity index (χ2n) is 15.4. The molecule has 0 radical (unpaired) electrons. The van der Waals surface area contributed by atoms with Crippen molar-refractivity contribution in [2.75, 3.05) is 23.5 Å². The zero-order valence-electron chi connectivity index (χ0n) is 31.1. The van der Waals surface area contributed by atoms with E-state index in [1.165, 1.54) is 49.9 Å². The molecule has 0 spiro atoms. The minimum Gasteiger partial charge on any atom is -0.439 e. The highest BCUT2D eigenvalue weighted by Crippen LogP contribution is 2.42. The molecule has 0 bridgehead atoms. The summed E-state index contributed by atoms with van der Waals surface area (Å²) in [5.74, 6) is 2.13. The largest absolute Gasteiger partial charge is 0.439 e.